The Hall–Kier alpha value is -1.13. The van der Waals surface area contributed by atoms with Crippen molar-refractivity contribution in [1.29, 1.82) is 0 Å². The maximum absolute atomic E-state index is 12.1. The van der Waals surface area contributed by atoms with Crippen LogP contribution in [0.3, 0.4) is 0 Å². The zero-order chi connectivity index (χ0) is 15.7. The van der Waals surface area contributed by atoms with Crippen molar-refractivity contribution in [2.24, 2.45) is 0 Å². The van der Waals surface area contributed by atoms with E-state index in [-0.39, 0.29) is 17.5 Å². The lowest BCUT2D eigenvalue weighted by molar-refractivity contribution is 0.261. The van der Waals surface area contributed by atoms with Crippen molar-refractivity contribution in [3.8, 4) is 0 Å². The molecule has 0 radical (unpaired) electrons. The maximum Gasteiger partial charge on any atom is 0.215 e. The molecule has 0 unspecified atom stereocenters. The number of sulfonamides is 1. The molecule has 1 aromatic rings. The summed E-state index contributed by atoms with van der Waals surface area (Å²) in [7, 11) is -6.80. The van der Waals surface area contributed by atoms with Gasteiger partial charge in [-0.05, 0) is 18.9 Å². The van der Waals surface area contributed by atoms with Crippen molar-refractivity contribution in [3.63, 3.8) is 0 Å². The number of hydrogen-bond donors (Lipinski definition) is 1. The summed E-state index contributed by atoms with van der Waals surface area (Å²) in [5.41, 5.74) is 5.57. The molecular formula is C11H20N4O4S2. The van der Waals surface area contributed by atoms with Crippen molar-refractivity contribution in [2.45, 2.75) is 18.9 Å². The average Bonchev–Trinajstić information content (AvgIpc) is 2.83. The number of nitrogens with two attached hydrogens (primary N) is 1. The minimum absolute atomic E-state index is 0.128. The number of rotatable bonds is 5. The predicted molar refractivity (Wildman–Crippen MR) is 80.0 cm³/mol. The fourth-order valence-electron chi connectivity index (χ4n) is 2.33. The highest BCUT2D eigenvalue weighted by atomic mass is 32.2. The Morgan fingerprint density at radius 3 is 2.33 bits per heavy atom. The number of sulfone groups is 1. The SMILES string of the molecule is CS(=O)(=O)CCS(=O)(=O)N1CCC(n2ccc(N)n2)CC1. The molecule has 0 bridgehead atoms. The van der Waals surface area contributed by atoms with E-state index in [4.69, 9.17) is 5.73 Å². The topological polar surface area (TPSA) is 115 Å². The highest BCUT2D eigenvalue weighted by molar-refractivity contribution is 7.93. The molecule has 0 saturated carbocycles. The Bertz CT molecular complexity index is 688. The molecule has 8 nitrogen and oxygen atoms in total. The van der Waals surface area contributed by atoms with Gasteiger partial charge in [0, 0.05) is 25.5 Å². The third-order valence-corrected chi connectivity index (χ3v) is 6.61. The molecule has 0 aromatic carbocycles. The first kappa shape index (κ1) is 16.2. The summed E-state index contributed by atoms with van der Waals surface area (Å²) in [6.07, 6.45) is 4.10. The highest BCUT2D eigenvalue weighted by Crippen LogP contribution is 2.24. The molecule has 0 spiro atoms. The number of anilines is 1. The number of nitrogens with zero attached hydrogens (tertiary/aromatic N) is 3. The smallest absolute Gasteiger partial charge is 0.215 e. The first-order chi connectivity index (χ1) is 9.67. The summed E-state index contributed by atoms with van der Waals surface area (Å²) in [6.45, 7) is 0.743. The van der Waals surface area contributed by atoms with E-state index in [0.717, 1.165) is 6.26 Å². The van der Waals surface area contributed by atoms with E-state index in [1.807, 2.05) is 0 Å². The van der Waals surface area contributed by atoms with Crippen LogP contribution in [-0.2, 0) is 19.9 Å². The van der Waals surface area contributed by atoms with Crippen LogP contribution in [0.25, 0.3) is 0 Å². The molecule has 1 aliphatic rings. The number of nitrogen functional groups attached to an aromatic ring is 1. The van der Waals surface area contributed by atoms with Gasteiger partial charge in [0.1, 0.15) is 15.7 Å². The molecule has 0 amide bonds. The Balaban J connectivity index is 1.94. The van der Waals surface area contributed by atoms with Gasteiger partial charge in [0.15, 0.2) is 0 Å². The number of aromatic nitrogens is 2. The Morgan fingerprint density at radius 2 is 1.86 bits per heavy atom. The van der Waals surface area contributed by atoms with Crippen molar-refractivity contribution in [3.05, 3.63) is 12.3 Å². The van der Waals surface area contributed by atoms with Crippen LogP contribution in [0.5, 0.6) is 0 Å². The van der Waals surface area contributed by atoms with Gasteiger partial charge in [0.05, 0.1) is 17.5 Å². The second kappa shape index (κ2) is 5.93. The molecule has 0 atom stereocenters. The molecule has 1 aliphatic heterocycles. The third kappa shape index (κ3) is 4.42. The summed E-state index contributed by atoms with van der Waals surface area (Å²) in [6, 6.07) is 1.83. The predicted octanol–water partition coefficient (Wildman–Crippen LogP) is -0.523. The second-order valence-electron chi connectivity index (χ2n) is 5.30. The van der Waals surface area contributed by atoms with Gasteiger partial charge >= 0.3 is 0 Å². The minimum atomic E-state index is -3.52. The van der Waals surface area contributed by atoms with Crippen molar-refractivity contribution in [2.75, 3.05) is 36.6 Å². The standard InChI is InChI=1S/C11H20N4O4S2/c1-20(16,17)8-9-21(18,19)14-5-2-10(3-6-14)15-7-4-11(12)13-15/h4,7,10H,2-3,5-6,8-9H2,1H3,(H2,12,13). The van der Waals surface area contributed by atoms with Crippen LogP contribution in [0.4, 0.5) is 5.82 Å². The van der Waals surface area contributed by atoms with Crippen LogP contribution in [0.2, 0.25) is 0 Å². The first-order valence-corrected chi connectivity index (χ1v) is 10.3. The lowest BCUT2D eigenvalue weighted by atomic mass is 10.1. The Kier molecular flexibility index (Phi) is 4.59. The molecule has 2 heterocycles. The van der Waals surface area contributed by atoms with Gasteiger partial charge in [-0.25, -0.2) is 21.1 Å². The van der Waals surface area contributed by atoms with Gasteiger partial charge in [-0.15, -0.1) is 0 Å². The van der Waals surface area contributed by atoms with Crippen molar-refractivity contribution >= 4 is 25.7 Å². The third-order valence-electron chi connectivity index (χ3n) is 3.53. The van der Waals surface area contributed by atoms with Gasteiger partial charge in [-0.1, -0.05) is 0 Å². The fourth-order valence-corrected chi connectivity index (χ4v) is 5.41. The fraction of sp³-hybridized carbons (Fsp3) is 0.727. The van der Waals surface area contributed by atoms with Crippen LogP contribution < -0.4 is 5.73 Å². The summed E-state index contributed by atoms with van der Waals surface area (Å²) in [5.74, 6) is -0.255. The molecular weight excluding hydrogens is 316 g/mol. The van der Waals surface area contributed by atoms with Gasteiger partial charge in [0.2, 0.25) is 10.0 Å². The van der Waals surface area contributed by atoms with Crippen molar-refractivity contribution in [1.82, 2.24) is 14.1 Å². The molecule has 21 heavy (non-hydrogen) atoms. The quantitative estimate of drug-likeness (QED) is 0.773. The van der Waals surface area contributed by atoms with Crippen LogP contribution in [0, 0.1) is 0 Å². The monoisotopic (exact) mass is 336 g/mol. The molecule has 1 saturated heterocycles. The van der Waals surface area contributed by atoms with E-state index in [1.165, 1.54) is 4.31 Å². The molecule has 120 valence electrons. The van der Waals surface area contributed by atoms with Crippen LogP contribution in [-0.4, -0.2) is 61.8 Å². The number of hydrogen-bond acceptors (Lipinski definition) is 6. The van der Waals surface area contributed by atoms with Crippen LogP contribution in [0.15, 0.2) is 12.3 Å². The zero-order valence-corrected chi connectivity index (χ0v) is 13.5. The van der Waals surface area contributed by atoms with Crippen LogP contribution in [0.1, 0.15) is 18.9 Å². The van der Waals surface area contributed by atoms with E-state index in [1.54, 1.807) is 16.9 Å². The largest absolute Gasteiger partial charge is 0.382 e. The second-order valence-corrected chi connectivity index (χ2v) is 9.64. The van der Waals surface area contributed by atoms with E-state index in [0.29, 0.717) is 31.7 Å². The molecule has 1 aromatic heterocycles. The molecule has 1 fully saturated rings. The normalized spacial score (nSPS) is 18.9. The van der Waals surface area contributed by atoms with Crippen molar-refractivity contribution < 1.29 is 16.8 Å². The maximum atomic E-state index is 12.1. The van der Waals surface area contributed by atoms with Gasteiger partial charge in [-0.2, -0.15) is 5.10 Å². The van der Waals surface area contributed by atoms with E-state index in [9.17, 15) is 16.8 Å². The molecule has 0 aliphatic carbocycles. The Labute approximate surface area is 124 Å². The summed E-state index contributed by atoms with van der Waals surface area (Å²) in [4.78, 5) is 0. The lowest BCUT2D eigenvalue weighted by Gasteiger charge is -2.31. The molecule has 2 rings (SSSR count). The van der Waals surface area contributed by atoms with E-state index >= 15 is 0 Å². The lowest BCUT2D eigenvalue weighted by Crippen LogP contribution is -2.41. The van der Waals surface area contributed by atoms with Crippen LogP contribution >= 0.6 is 0 Å². The zero-order valence-electron chi connectivity index (χ0n) is 11.8. The first-order valence-electron chi connectivity index (χ1n) is 6.63. The van der Waals surface area contributed by atoms with E-state index < -0.39 is 19.9 Å². The summed E-state index contributed by atoms with van der Waals surface area (Å²) < 4.78 is 49.5. The summed E-state index contributed by atoms with van der Waals surface area (Å²) in [5, 5.41) is 4.14. The van der Waals surface area contributed by atoms with Gasteiger partial charge in [-0.3, -0.25) is 4.68 Å². The highest BCUT2D eigenvalue weighted by Gasteiger charge is 2.29. The van der Waals surface area contributed by atoms with Gasteiger partial charge in [0.25, 0.3) is 0 Å². The summed E-state index contributed by atoms with van der Waals surface area (Å²) >= 11 is 0. The molecule has 10 heteroatoms. The van der Waals surface area contributed by atoms with E-state index in [2.05, 4.69) is 5.10 Å². The van der Waals surface area contributed by atoms with Gasteiger partial charge < -0.3 is 5.73 Å². The average molecular weight is 336 g/mol. The minimum Gasteiger partial charge on any atom is -0.382 e. The Morgan fingerprint density at radius 1 is 1.24 bits per heavy atom. The number of piperidine rings is 1. The molecule has 2 N–H and O–H groups in total.